The van der Waals surface area contributed by atoms with E-state index >= 15 is 0 Å². The zero-order valence-corrected chi connectivity index (χ0v) is 19.3. The lowest BCUT2D eigenvalue weighted by atomic mass is 9.83. The van der Waals surface area contributed by atoms with Gasteiger partial charge in [0.25, 0.3) is 0 Å². The van der Waals surface area contributed by atoms with E-state index in [4.69, 9.17) is 43.1 Å². The molecule has 0 saturated heterocycles. The van der Waals surface area contributed by atoms with Crippen molar-refractivity contribution in [3.05, 3.63) is 112 Å². The molecule has 0 amide bonds. The minimum absolute atomic E-state index is 0.0263. The maximum Gasteiger partial charge on any atom is 0.345 e. The van der Waals surface area contributed by atoms with E-state index in [0.29, 0.717) is 28.7 Å². The molecule has 170 valence electrons. The summed E-state index contributed by atoms with van der Waals surface area (Å²) in [5.74, 6) is 0.0586. The van der Waals surface area contributed by atoms with Crippen LogP contribution in [-0.4, -0.2) is 12.6 Å². The summed E-state index contributed by atoms with van der Waals surface area (Å²) in [5, 5.41) is 10.4. The number of hydrogen-bond acceptors (Lipinski definition) is 6. The molecule has 6 nitrogen and oxygen atoms in total. The van der Waals surface area contributed by atoms with Crippen LogP contribution in [0, 0.1) is 11.3 Å². The van der Waals surface area contributed by atoms with Crippen LogP contribution < -0.4 is 19.9 Å². The Bertz CT molecular complexity index is 1360. The predicted molar refractivity (Wildman–Crippen MR) is 129 cm³/mol. The number of rotatable bonds is 6. The van der Waals surface area contributed by atoms with E-state index in [1.165, 1.54) is 12.1 Å². The van der Waals surface area contributed by atoms with E-state index in [9.17, 15) is 10.1 Å². The Morgan fingerprint density at radius 3 is 2.71 bits per heavy atom. The van der Waals surface area contributed by atoms with E-state index in [1.54, 1.807) is 30.3 Å². The molecule has 0 saturated carbocycles. The van der Waals surface area contributed by atoms with Gasteiger partial charge in [-0.15, -0.1) is 0 Å². The number of esters is 1. The summed E-state index contributed by atoms with van der Waals surface area (Å²) < 4.78 is 16.8. The van der Waals surface area contributed by atoms with Crippen molar-refractivity contribution >= 4 is 29.2 Å². The summed E-state index contributed by atoms with van der Waals surface area (Å²) >= 11 is 12.0. The smallest absolute Gasteiger partial charge is 0.345 e. The normalized spacial score (nSPS) is 14.4. The molecule has 0 radical (unpaired) electrons. The van der Waals surface area contributed by atoms with Crippen molar-refractivity contribution in [1.29, 1.82) is 5.26 Å². The Kier molecular flexibility index (Phi) is 6.78. The lowest BCUT2D eigenvalue weighted by molar-refractivity contribution is 0.0734. The van der Waals surface area contributed by atoms with Crippen LogP contribution in [0.15, 0.2) is 84.8 Å². The first-order chi connectivity index (χ1) is 16.4. The third-order valence-electron chi connectivity index (χ3n) is 5.11. The number of ether oxygens (including phenoxy) is 3. The molecule has 1 atom stereocenters. The van der Waals surface area contributed by atoms with E-state index in [0.717, 1.165) is 5.56 Å². The molecule has 1 heterocycles. The quantitative estimate of drug-likeness (QED) is 0.257. The van der Waals surface area contributed by atoms with Gasteiger partial charge in [-0.1, -0.05) is 54.1 Å². The van der Waals surface area contributed by atoms with Crippen molar-refractivity contribution in [2.75, 3.05) is 6.61 Å². The first-order valence-electron chi connectivity index (χ1n) is 10.1. The fourth-order valence-electron chi connectivity index (χ4n) is 3.60. The molecular weight excluding hydrogens is 475 g/mol. The lowest BCUT2D eigenvalue weighted by Gasteiger charge is -2.27. The van der Waals surface area contributed by atoms with Gasteiger partial charge in [0, 0.05) is 16.7 Å². The molecule has 0 aliphatic carbocycles. The number of halogens is 2. The highest BCUT2D eigenvalue weighted by atomic mass is 35.5. The number of carbonyl (C=O) groups is 1. The highest BCUT2D eigenvalue weighted by Crippen LogP contribution is 2.44. The molecular formula is C26H18Cl2N2O4. The average Bonchev–Trinajstić information content (AvgIpc) is 2.81. The maximum absolute atomic E-state index is 12.6. The van der Waals surface area contributed by atoms with Crippen molar-refractivity contribution in [3.8, 4) is 23.3 Å². The molecule has 2 N–H and O–H groups in total. The van der Waals surface area contributed by atoms with Crippen LogP contribution >= 0.6 is 23.2 Å². The molecule has 0 spiro atoms. The summed E-state index contributed by atoms with van der Waals surface area (Å²) in [7, 11) is 0. The fraction of sp³-hybridized carbons (Fsp3) is 0.0769. The topological polar surface area (TPSA) is 94.6 Å². The molecule has 0 fully saturated rings. The van der Waals surface area contributed by atoms with E-state index in [2.05, 4.69) is 12.6 Å². The van der Waals surface area contributed by atoms with Gasteiger partial charge in [0.2, 0.25) is 5.88 Å². The highest BCUT2D eigenvalue weighted by Gasteiger charge is 2.31. The molecule has 34 heavy (non-hydrogen) atoms. The second kappa shape index (κ2) is 9.92. The number of nitrogens with zero attached hydrogens (tertiary/aromatic N) is 1. The molecule has 1 aliphatic heterocycles. The van der Waals surface area contributed by atoms with Crippen molar-refractivity contribution in [2.24, 2.45) is 5.73 Å². The van der Waals surface area contributed by atoms with Crippen LogP contribution in [0.25, 0.3) is 0 Å². The van der Waals surface area contributed by atoms with Gasteiger partial charge in [-0.3, -0.25) is 0 Å². The standard InChI is InChI=1S/C26H18Cl2N2O4/c1-2-10-32-17-5-3-4-15(11-17)24-20-9-7-18(13-23(20)34-25(30)21(24)14-29)33-26(31)19-8-6-16(27)12-22(19)28/h2-9,11-13,24H,1,10,30H2. The van der Waals surface area contributed by atoms with Gasteiger partial charge < -0.3 is 19.9 Å². The van der Waals surface area contributed by atoms with Gasteiger partial charge in [0.1, 0.15) is 35.5 Å². The number of benzene rings is 3. The summed E-state index contributed by atoms with van der Waals surface area (Å²) in [6.45, 7) is 4.00. The maximum atomic E-state index is 12.6. The largest absolute Gasteiger partial charge is 0.490 e. The Labute approximate surface area is 206 Å². The van der Waals surface area contributed by atoms with Crippen molar-refractivity contribution in [1.82, 2.24) is 0 Å². The van der Waals surface area contributed by atoms with E-state index in [1.807, 2.05) is 24.3 Å². The second-order valence-electron chi connectivity index (χ2n) is 7.31. The average molecular weight is 493 g/mol. The Balaban J connectivity index is 1.68. The predicted octanol–water partition coefficient (Wildman–Crippen LogP) is 6.00. The Morgan fingerprint density at radius 2 is 1.97 bits per heavy atom. The summed E-state index contributed by atoms with van der Waals surface area (Å²) in [6, 6.07) is 18.9. The first-order valence-corrected chi connectivity index (χ1v) is 10.9. The second-order valence-corrected chi connectivity index (χ2v) is 8.15. The summed E-state index contributed by atoms with van der Waals surface area (Å²) in [6.07, 6.45) is 1.65. The molecule has 4 rings (SSSR count). The van der Waals surface area contributed by atoms with Crippen LogP contribution in [0.4, 0.5) is 0 Å². The monoisotopic (exact) mass is 492 g/mol. The number of nitrogens with two attached hydrogens (primary N) is 1. The summed E-state index contributed by atoms with van der Waals surface area (Å²) in [5.41, 5.74) is 8.01. The highest BCUT2D eigenvalue weighted by molar-refractivity contribution is 6.36. The number of allylic oxidation sites excluding steroid dienone is 1. The molecule has 8 heteroatoms. The minimum Gasteiger partial charge on any atom is -0.490 e. The molecule has 3 aromatic rings. The van der Waals surface area contributed by atoms with Crippen LogP contribution in [0.3, 0.4) is 0 Å². The third kappa shape index (κ3) is 4.72. The number of hydrogen-bond donors (Lipinski definition) is 1. The van der Waals surface area contributed by atoms with Crippen LogP contribution in [0.2, 0.25) is 10.0 Å². The van der Waals surface area contributed by atoms with Crippen LogP contribution in [-0.2, 0) is 0 Å². The number of fused-ring (bicyclic) bond motifs is 1. The van der Waals surface area contributed by atoms with Crippen molar-refractivity contribution in [2.45, 2.75) is 5.92 Å². The van der Waals surface area contributed by atoms with Gasteiger partial charge in [0.05, 0.1) is 16.5 Å². The van der Waals surface area contributed by atoms with Gasteiger partial charge in [0.15, 0.2) is 0 Å². The lowest BCUT2D eigenvalue weighted by Crippen LogP contribution is -2.21. The fourth-order valence-corrected chi connectivity index (χ4v) is 4.08. The van der Waals surface area contributed by atoms with Crippen LogP contribution in [0.1, 0.15) is 27.4 Å². The first kappa shape index (κ1) is 23.2. The zero-order chi connectivity index (χ0) is 24.2. The van der Waals surface area contributed by atoms with Crippen molar-refractivity contribution in [3.63, 3.8) is 0 Å². The van der Waals surface area contributed by atoms with Gasteiger partial charge in [-0.25, -0.2) is 4.79 Å². The third-order valence-corrected chi connectivity index (χ3v) is 5.66. The molecule has 1 unspecified atom stereocenters. The van der Waals surface area contributed by atoms with E-state index < -0.39 is 11.9 Å². The SMILES string of the molecule is C=CCOc1cccc(C2C(C#N)=C(N)Oc3cc(OC(=O)c4ccc(Cl)cc4Cl)ccc32)c1. The molecule has 0 aromatic heterocycles. The Hall–Kier alpha value is -3.92. The van der Waals surface area contributed by atoms with Gasteiger partial charge in [-0.2, -0.15) is 5.26 Å². The van der Waals surface area contributed by atoms with Gasteiger partial charge in [-0.05, 0) is 42.0 Å². The molecule has 1 aliphatic rings. The van der Waals surface area contributed by atoms with E-state index in [-0.39, 0.29) is 27.8 Å². The van der Waals surface area contributed by atoms with Gasteiger partial charge >= 0.3 is 5.97 Å². The van der Waals surface area contributed by atoms with Crippen LogP contribution in [0.5, 0.6) is 17.2 Å². The molecule has 3 aromatic carbocycles. The minimum atomic E-state index is -0.651. The van der Waals surface area contributed by atoms with Crippen molar-refractivity contribution < 1.29 is 19.0 Å². The number of carbonyl (C=O) groups excluding carboxylic acids is 1. The summed E-state index contributed by atoms with van der Waals surface area (Å²) in [4.78, 5) is 12.6. The molecule has 0 bridgehead atoms. The number of nitriles is 1. The Morgan fingerprint density at radius 1 is 1.15 bits per heavy atom. The zero-order valence-electron chi connectivity index (χ0n) is 17.8.